The third-order valence-corrected chi connectivity index (χ3v) is 6.60. The van der Waals surface area contributed by atoms with Gasteiger partial charge in [-0.25, -0.2) is 4.79 Å². The highest BCUT2D eigenvalue weighted by molar-refractivity contribution is 6.06. The van der Waals surface area contributed by atoms with E-state index in [1.165, 1.54) is 79.8 Å². The number of rotatable bonds is 7. The van der Waals surface area contributed by atoms with E-state index in [4.69, 9.17) is 9.47 Å². The number of nitriles is 1. The highest BCUT2D eigenvalue weighted by Crippen LogP contribution is 2.43. The summed E-state index contributed by atoms with van der Waals surface area (Å²) in [4.78, 5) is 26.8. The van der Waals surface area contributed by atoms with Gasteiger partial charge in [0.1, 0.15) is 23.8 Å². The number of ether oxygens (including phenoxy) is 4. The Hall–Kier alpha value is -5.65. The van der Waals surface area contributed by atoms with Crippen molar-refractivity contribution in [3.05, 3.63) is 94.7 Å². The van der Waals surface area contributed by atoms with Crippen LogP contribution in [0.5, 0.6) is 17.4 Å². The molecule has 0 aliphatic carbocycles. The Morgan fingerprint density at radius 1 is 0.979 bits per heavy atom. The number of esters is 1. The van der Waals surface area contributed by atoms with Crippen LogP contribution in [-0.2, 0) is 17.5 Å². The van der Waals surface area contributed by atoms with E-state index >= 15 is 0 Å². The summed E-state index contributed by atoms with van der Waals surface area (Å²) in [5.74, 6) is -2.27. The maximum atomic E-state index is 13.9. The predicted octanol–water partition coefficient (Wildman–Crippen LogP) is 6.90. The van der Waals surface area contributed by atoms with Crippen LogP contribution in [-0.4, -0.2) is 40.6 Å². The van der Waals surface area contributed by atoms with Crippen molar-refractivity contribution in [1.82, 2.24) is 9.78 Å². The average Bonchev–Trinajstić information content (AvgIpc) is 3.54. The quantitative estimate of drug-likeness (QED) is 0.156. The van der Waals surface area contributed by atoms with E-state index in [2.05, 4.69) is 14.6 Å². The van der Waals surface area contributed by atoms with E-state index in [-0.39, 0.29) is 40.6 Å². The summed E-state index contributed by atoms with van der Waals surface area (Å²) in [5, 5.41) is 13.3. The highest BCUT2D eigenvalue weighted by Gasteiger charge is 2.44. The number of anilines is 1. The Labute approximate surface area is 264 Å². The predicted molar refractivity (Wildman–Crippen MR) is 155 cm³/mol. The summed E-state index contributed by atoms with van der Waals surface area (Å²) in [7, 11) is 1.36. The molecule has 1 amide bonds. The number of alkyl halides is 5. The first-order valence-corrected chi connectivity index (χ1v) is 13.8. The summed E-state index contributed by atoms with van der Waals surface area (Å²) >= 11 is 0. The van der Waals surface area contributed by atoms with E-state index in [0.717, 1.165) is 9.58 Å². The largest absolute Gasteiger partial charge is 0.586 e. The molecule has 0 unspecified atom stereocenters. The second-order valence-corrected chi connectivity index (χ2v) is 11.3. The normalized spacial score (nSPS) is 13.5. The maximum absolute atomic E-state index is 13.9. The molecule has 10 nitrogen and oxygen atoms in total. The minimum atomic E-state index is -5.02. The smallest absolute Gasteiger partial charge is 0.472 e. The molecule has 0 fully saturated rings. The van der Waals surface area contributed by atoms with Crippen LogP contribution in [0.2, 0.25) is 0 Å². The second kappa shape index (κ2) is 11.9. The molecule has 244 valence electrons. The van der Waals surface area contributed by atoms with Crippen LogP contribution in [0, 0.1) is 11.3 Å². The van der Waals surface area contributed by atoms with E-state index in [9.17, 15) is 36.8 Å². The Bertz CT molecular complexity index is 1890. The molecule has 3 aromatic carbocycles. The number of amides is 1. The van der Waals surface area contributed by atoms with E-state index in [1.807, 2.05) is 0 Å². The summed E-state index contributed by atoms with van der Waals surface area (Å²) in [6.45, 7) is 4.84. The molecule has 4 aromatic rings. The van der Waals surface area contributed by atoms with Crippen LogP contribution in [0.25, 0.3) is 5.69 Å². The van der Waals surface area contributed by atoms with Gasteiger partial charge in [-0.3, -0.25) is 4.79 Å². The fourth-order valence-electron chi connectivity index (χ4n) is 4.46. The summed E-state index contributed by atoms with van der Waals surface area (Å²) in [6, 6.07) is 16.6. The van der Waals surface area contributed by atoms with Crippen molar-refractivity contribution < 1.29 is 50.5 Å². The molecule has 0 saturated carbocycles. The van der Waals surface area contributed by atoms with Gasteiger partial charge in [0.05, 0.1) is 11.3 Å². The van der Waals surface area contributed by atoms with Gasteiger partial charge in [-0.05, 0) is 68.8 Å². The molecule has 0 saturated heterocycles. The molecule has 47 heavy (non-hydrogen) atoms. The standard InChI is InChI=1S/C32H25F5N4O6/c1-30(2,3)47-29(43)19-10-8-18(9-11-19)17-44-28-23(16-38)26(31(33,34)35)39-41(28)22-7-5-6-20(14-22)27(42)40(4)21-12-13-24-25(15-21)46-32(36,37)45-24/h5-15H,17H2,1-4H3. The van der Waals surface area contributed by atoms with Crippen LogP contribution in [0.1, 0.15) is 58.3 Å². The molecule has 1 aromatic heterocycles. The highest BCUT2D eigenvalue weighted by atomic mass is 19.4. The summed E-state index contributed by atoms with van der Waals surface area (Å²) < 4.78 is 89.3. The van der Waals surface area contributed by atoms with Gasteiger partial charge >= 0.3 is 18.4 Å². The second-order valence-electron chi connectivity index (χ2n) is 11.3. The molecule has 0 bridgehead atoms. The first kappa shape index (κ1) is 32.7. The number of benzene rings is 3. The van der Waals surface area contributed by atoms with Crippen LogP contribution in [0.3, 0.4) is 0 Å². The first-order chi connectivity index (χ1) is 22.0. The monoisotopic (exact) mass is 656 g/mol. The number of carbonyl (C=O) groups is 2. The van der Waals surface area contributed by atoms with E-state index < -0.39 is 47.1 Å². The fourth-order valence-corrected chi connectivity index (χ4v) is 4.46. The zero-order valence-corrected chi connectivity index (χ0v) is 25.2. The van der Waals surface area contributed by atoms with Gasteiger partial charge in [0.2, 0.25) is 5.88 Å². The van der Waals surface area contributed by atoms with Gasteiger partial charge in [0.15, 0.2) is 17.2 Å². The van der Waals surface area contributed by atoms with Gasteiger partial charge in [0, 0.05) is 24.4 Å². The van der Waals surface area contributed by atoms with Crippen LogP contribution in [0.4, 0.5) is 27.6 Å². The van der Waals surface area contributed by atoms with Crippen molar-refractivity contribution in [2.24, 2.45) is 0 Å². The Morgan fingerprint density at radius 2 is 1.66 bits per heavy atom. The number of fused-ring (bicyclic) bond motifs is 1. The van der Waals surface area contributed by atoms with Gasteiger partial charge in [-0.15, -0.1) is 8.78 Å². The van der Waals surface area contributed by atoms with Crippen molar-refractivity contribution in [2.45, 2.75) is 45.5 Å². The molecule has 0 spiro atoms. The van der Waals surface area contributed by atoms with Crippen LogP contribution >= 0.6 is 0 Å². The molecule has 2 heterocycles. The van der Waals surface area contributed by atoms with Crippen molar-refractivity contribution in [3.63, 3.8) is 0 Å². The number of hydrogen-bond acceptors (Lipinski definition) is 8. The maximum Gasteiger partial charge on any atom is 0.586 e. The van der Waals surface area contributed by atoms with Crippen LogP contribution in [0.15, 0.2) is 66.7 Å². The van der Waals surface area contributed by atoms with Crippen molar-refractivity contribution in [3.8, 4) is 29.1 Å². The van der Waals surface area contributed by atoms with Crippen molar-refractivity contribution in [2.75, 3.05) is 11.9 Å². The molecule has 1 aliphatic rings. The molecule has 0 N–H and O–H groups in total. The zero-order chi connectivity index (χ0) is 34.3. The van der Waals surface area contributed by atoms with Crippen LogP contribution < -0.4 is 19.1 Å². The summed E-state index contributed by atoms with van der Waals surface area (Å²) in [6.07, 6.45) is -8.88. The van der Waals surface area contributed by atoms with E-state index in [1.54, 1.807) is 20.8 Å². The lowest BCUT2D eigenvalue weighted by molar-refractivity contribution is -0.286. The molecule has 0 radical (unpaired) electrons. The Kier molecular flexibility index (Phi) is 8.31. The molecule has 5 rings (SSSR count). The number of nitrogens with zero attached hydrogens (tertiary/aromatic N) is 4. The number of halogens is 5. The Balaban J connectivity index is 1.43. The lowest BCUT2D eigenvalue weighted by atomic mass is 10.1. The van der Waals surface area contributed by atoms with E-state index in [0.29, 0.717) is 5.56 Å². The number of aromatic nitrogens is 2. The van der Waals surface area contributed by atoms with Gasteiger partial charge in [-0.1, -0.05) is 18.2 Å². The Morgan fingerprint density at radius 3 is 2.30 bits per heavy atom. The van der Waals surface area contributed by atoms with Gasteiger partial charge < -0.3 is 23.8 Å². The number of carbonyl (C=O) groups excluding carboxylic acids is 2. The number of hydrogen-bond donors (Lipinski definition) is 0. The fraction of sp³-hybridized carbons (Fsp3) is 0.250. The topological polar surface area (TPSA) is 116 Å². The minimum absolute atomic E-state index is 0.0146. The van der Waals surface area contributed by atoms with Crippen molar-refractivity contribution in [1.29, 1.82) is 5.26 Å². The average molecular weight is 657 g/mol. The van der Waals surface area contributed by atoms with Gasteiger partial charge in [-0.2, -0.15) is 28.2 Å². The summed E-state index contributed by atoms with van der Waals surface area (Å²) in [5.41, 5.74) is -2.30. The third kappa shape index (κ3) is 7.11. The van der Waals surface area contributed by atoms with Gasteiger partial charge in [0.25, 0.3) is 5.91 Å². The van der Waals surface area contributed by atoms with Crippen molar-refractivity contribution >= 4 is 17.6 Å². The molecular weight excluding hydrogens is 631 g/mol. The lowest BCUT2D eigenvalue weighted by Gasteiger charge is -2.19. The third-order valence-electron chi connectivity index (χ3n) is 6.60. The molecular formula is C32H25F5N4O6. The lowest BCUT2D eigenvalue weighted by Crippen LogP contribution is -2.26. The minimum Gasteiger partial charge on any atom is -0.472 e. The molecule has 1 aliphatic heterocycles. The molecule has 0 atom stereocenters. The molecule has 15 heteroatoms. The SMILES string of the molecule is CN(C(=O)c1cccc(-n2nc(C(F)(F)F)c(C#N)c2OCc2ccc(C(=O)OC(C)(C)C)cc2)c1)c1ccc2c(c1)OC(F)(F)O2. The zero-order valence-electron chi connectivity index (χ0n) is 25.2. The first-order valence-electron chi connectivity index (χ1n) is 13.8.